The SMILES string of the molecule is Cc1cc(=O)c(C(=O)N(C)CCOc2ccccc2)nn1-c1ccccc1. The Morgan fingerprint density at radius 2 is 1.70 bits per heavy atom. The van der Waals surface area contributed by atoms with Gasteiger partial charge in [-0.3, -0.25) is 9.59 Å². The van der Waals surface area contributed by atoms with E-state index in [1.807, 2.05) is 60.7 Å². The molecule has 1 amide bonds. The second-order valence-corrected chi connectivity index (χ2v) is 6.13. The van der Waals surface area contributed by atoms with Crippen LogP contribution < -0.4 is 10.2 Å². The smallest absolute Gasteiger partial charge is 0.278 e. The Hall–Kier alpha value is -3.41. The molecule has 0 N–H and O–H groups in total. The number of benzene rings is 2. The van der Waals surface area contributed by atoms with Gasteiger partial charge in [-0.05, 0) is 31.2 Å². The number of amides is 1. The summed E-state index contributed by atoms with van der Waals surface area (Å²) in [6.07, 6.45) is 0. The summed E-state index contributed by atoms with van der Waals surface area (Å²) in [5, 5.41) is 4.30. The first-order chi connectivity index (χ1) is 13.1. The van der Waals surface area contributed by atoms with Crippen LogP contribution in [0.3, 0.4) is 0 Å². The van der Waals surface area contributed by atoms with Crippen molar-refractivity contribution in [2.24, 2.45) is 0 Å². The van der Waals surface area contributed by atoms with E-state index in [1.54, 1.807) is 18.7 Å². The molecule has 6 heteroatoms. The molecular weight excluding hydrogens is 342 g/mol. The van der Waals surface area contributed by atoms with Gasteiger partial charge in [0.05, 0.1) is 12.2 Å². The van der Waals surface area contributed by atoms with Crippen molar-refractivity contribution < 1.29 is 9.53 Å². The summed E-state index contributed by atoms with van der Waals surface area (Å²) in [7, 11) is 1.63. The lowest BCUT2D eigenvalue weighted by atomic mass is 10.2. The van der Waals surface area contributed by atoms with Crippen LogP contribution in [-0.4, -0.2) is 40.8 Å². The standard InChI is InChI=1S/C21H21N3O3/c1-16-15-19(25)20(22-24(16)17-9-5-3-6-10-17)21(26)23(2)13-14-27-18-11-7-4-8-12-18/h3-12,15H,13-14H2,1-2H3. The third-order valence-electron chi connectivity index (χ3n) is 4.10. The quantitative estimate of drug-likeness (QED) is 0.675. The molecule has 6 nitrogen and oxygen atoms in total. The number of carbonyl (C=O) groups excluding carboxylic acids is 1. The van der Waals surface area contributed by atoms with E-state index in [9.17, 15) is 9.59 Å². The average Bonchev–Trinajstić information content (AvgIpc) is 2.69. The average molecular weight is 363 g/mol. The normalized spacial score (nSPS) is 10.4. The number of carbonyl (C=O) groups is 1. The molecule has 0 saturated carbocycles. The Morgan fingerprint density at radius 1 is 1.07 bits per heavy atom. The molecule has 0 aliphatic rings. The van der Waals surface area contributed by atoms with E-state index in [1.165, 1.54) is 11.0 Å². The molecule has 1 heterocycles. The number of nitrogens with zero attached hydrogens (tertiary/aromatic N) is 3. The summed E-state index contributed by atoms with van der Waals surface area (Å²) < 4.78 is 7.21. The number of ether oxygens (including phenoxy) is 1. The lowest BCUT2D eigenvalue weighted by Crippen LogP contribution is -2.36. The molecule has 0 atom stereocenters. The molecule has 138 valence electrons. The van der Waals surface area contributed by atoms with Crippen LogP contribution in [0.2, 0.25) is 0 Å². The topological polar surface area (TPSA) is 64.4 Å². The number of aromatic nitrogens is 2. The van der Waals surface area contributed by atoms with Crippen molar-refractivity contribution in [2.45, 2.75) is 6.92 Å². The van der Waals surface area contributed by atoms with E-state index >= 15 is 0 Å². The fraction of sp³-hybridized carbons (Fsp3) is 0.190. The Labute approximate surface area is 157 Å². The second-order valence-electron chi connectivity index (χ2n) is 6.13. The van der Waals surface area contributed by atoms with Gasteiger partial charge < -0.3 is 9.64 Å². The first kappa shape index (κ1) is 18.4. The van der Waals surface area contributed by atoms with Gasteiger partial charge in [0, 0.05) is 18.8 Å². The summed E-state index contributed by atoms with van der Waals surface area (Å²) in [4.78, 5) is 26.4. The van der Waals surface area contributed by atoms with E-state index in [0.29, 0.717) is 18.8 Å². The molecule has 0 radical (unpaired) electrons. The molecule has 0 aliphatic carbocycles. The molecule has 3 rings (SSSR count). The number of rotatable bonds is 6. The van der Waals surface area contributed by atoms with Gasteiger partial charge in [-0.15, -0.1) is 0 Å². The van der Waals surface area contributed by atoms with Gasteiger partial charge in [0.1, 0.15) is 12.4 Å². The summed E-state index contributed by atoms with van der Waals surface area (Å²) in [5.74, 6) is 0.305. The summed E-state index contributed by atoms with van der Waals surface area (Å²) in [6, 6.07) is 20.2. The highest BCUT2D eigenvalue weighted by Gasteiger charge is 2.19. The number of hydrogen-bond acceptors (Lipinski definition) is 4. The minimum absolute atomic E-state index is 0.105. The highest BCUT2D eigenvalue weighted by atomic mass is 16.5. The summed E-state index contributed by atoms with van der Waals surface area (Å²) >= 11 is 0. The molecule has 3 aromatic rings. The molecule has 0 aliphatic heterocycles. The van der Waals surface area contributed by atoms with Gasteiger partial charge in [-0.2, -0.15) is 5.10 Å². The summed E-state index contributed by atoms with van der Waals surface area (Å²) in [5.41, 5.74) is 0.962. The molecule has 0 spiro atoms. The number of para-hydroxylation sites is 2. The maximum atomic E-state index is 12.7. The molecule has 1 aromatic heterocycles. The van der Waals surface area contributed by atoms with Crippen molar-refractivity contribution in [2.75, 3.05) is 20.2 Å². The molecule has 27 heavy (non-hydrogen) atoms. The van der Waals surface area contributed by atoms with Gasteiger partial charge >= 0.3 is 0 Å². The van der Waals surface area contributed by atoms with Gasteiger partial charge in [0.25, 0.3) is 5.91 Å². The minimum atomic E-state index is -0.429. The zero-order chi connectivity index (χ0) is 19.2. The Bertz CT molecular complexity index is 969. The molecule has 0 saturated heterocycles. The van der Waals surface area contributed by atoms with Crippen LogP contribution >= 0.6 is 0 Å². The zero-order valence-corrected chi connectivity index (χ0v) is 15.3. The van der Waals surface area contributed by atoms with Crippen LogP contribution in [0.25, 0.3) is 5.69 Å². The molecule has 2 aromatic carbocycles. The lowest BCUT2D eigenvalue weighted by Gasteiger charge is -2.18. The van der Waals surface area contributed by atoms with E-state index in [0.717, 1.165) is 11.4 Å². The van der Waals surface area contributed by atoms with E-state index in [2.05, 4.69) is 5.10 Å². The van der Waals surface area contributed by atoms with Crippen LogP contribution in [0.15, 0.2) is 71.5 Å². The predicted molar refractivity (Wildman–Crippen MR) is 103 cm³/mol. The van der Waals surface area contributed by atoms with Crippen molar-refractivity contribution in [1.29, 1.82) is 0 Å². The maximum Gasteiger partial charge on any atom is 0.278 e. The number of likely N-dealkylation sites (N-methyl/N-ethyl adjacent to an activating group) is 1. The van der Waals surface area contributed by atoms with Gasteiger partial charge in [-0.25, -0.2) is 4.68 Å². The summed E-state index contributed by atoms with van der Waals surface area (Å²) in [6.45, 7) is 2.45. The van der Waals surface area contributed by atoms with Crippen LogP contribution in [0.1, 0.15) is 16.2 Å². The Morgan fingerprint density at radius 3 is 2.37 bits per heavy atom. The highest BCUT2D eigenvalue weighted by molar-refractivity contribution is 5.91. The van der Waals surface area contributed by atoms with E-state index < -0.39 is 5.91 Å². The number of aryl methyl sites for hydroxylation is 1. The first-order valence-electron chi connectivity index (χ1n) is 8.66. The minimum Gasteiger partial charge on any atom is -0.492 e. The Balaban J connectivity index is 1.74. The van der Waals surface area contributed by atoms with Crippen molar-refractivity contribution >= 4 is 5.91 Å². The monoisotopic (exact) mass is 363 g/mol. The molecule has 0 fully saturated rings. The molecular formula is C21H21N3O3. The zero-order valence-electron chi connectivity index (χ0n) is 15.3. The molecule has 0 bridgehead atoms. The van der Waals surface area contributed by atoms with Crippen LogP contribution in [0.4, 0.5) is 0 Å². The molecule has 0 unspecified atom stereocenters. The van der Waals surface area contributed by atoms with Crippen LogP contribution in [0, 0.1) is 6.92 Å². The van der Waals surface area contributed by atoms with Crippen molar-refractivity contribution in [1.82, 2.24) is 14.7 Å². The van der Waals surface area contributed by atoms with Crippen LogP contribution in [-0.2, 0) is 0 Å². The predicted octanol–water partition coefficient (Wildman–Crippen LogP) is 2.69. The maximum absolute atomic E-state index is 12.7. The highest BCUT2D eigenvalue weighted by Crippen LogP contribution is 2.10. The van der Waals surface area contributed by atoms with Crippen molar-refractivity contribution in [3.8, 4) is 11.4 Å². The van der Waals surface area contributed by atoms with Crippen molar-refractivity contribution in [3.63, 3.8) is 0 Å². The first-order valence-corrected chi connectivity index (χ1v) is 8.66. The fourth-order valence-electron chi connectivity index (χ4n) is 2.63. The van der Waals surface area contributed by atoms with Crippen molar-refractivity contribution in [3.05, 3.63) is 88.3 Å². The fourth-order valence-corrected chi connectivity index (χ4v) is 2.63. The largest absolute Gasteiger partial charge is 0.492 e. The van der Waals surface area contributed by atoms with E-state index in [4.69, 9.17) is 4.74 Å². The van der Waals surface area contributed by atoms with Gasteiger partial charge in [0.15, 0.2) is 5.69 Å². The van der Waals surface area contributed by atoms with E-state index in [-0.39, 0.29) is 11.1 Å². The Kier molecular flexibility index (Phi) is 5.66. The van der Waals surface area contributed by atoms with Gasteiger partial charge in [-0.1, -0.05) is 36.4 Å². The third-order valence-corrected chi connectivity index (χ3v) is 4.10. The van der Waals surface area contributed by atoms with Crippen LogP contribution in [0.5, 0.6) is 5.75 Å². The van der Waals surface area contributed by atoms with Gasteiger partial charge in [0.2, 0.25) is 5.43 Å². The second kappa shape index (κ2) is 8.31. The number of hydrogen-bond donors (Lipinski definition) is 0. The lowest BCUT2D eigenvalue weighted by molar-refractivity contribution is 0.0764. The third kappa shape index (κ3) is 4.41.